The summed E-state index contributed by atoms with van der Waals surface area (Å²) in [6, 6.07) is 2.17. The summed E-state index contributed by atoms with van der Waals surface area (Å²) in [7, 11) is 0. The Morgan fingerprint density at radius 1 is 1.37 bits per heavy atom. The first kappa shape index (κ1) is 15.2. The molecular formula is C13H19NO5. The average molecular weight is 269 g/mol. The maximum atomic E-state index is 11.7. The lowest BCUT2D eigenvalue weighted by Gasteiger charge is -2.21. The summed E-state index contributed by atoms with van der Waals surface area (Å²) >= 11 is 0. The number of ether oxygens (including phenoxy) is 2. The van der Waals surface area contributed by atoms with Crippen molar-refractivity contribution >= 4 is 11.9 Å². The Labute approximate surface area is 111 Å². The summed E-state index contributed by atoms with van der Waals surface area (Å²) in [6.07, 6.45) is 0. The number of nitrogens with two attached hydrogens (primary N) is 1. The second-order valence-electron chi connectivity index (χ2n) is 5.10. The lowest BCUT2D eigenvalue weighted by atomic mass is 10.2. The second kappa shape index (κ2) is 5.88. The van der Waals surface area contributed by atoms with E-state index < -0.39 is 23.6 Å². The first-order valence-corrected chi connectivity index (χ1v) is 5.89. The van der Waals surface area contributed by atoms with Crippen molar-refractivity contribution in [2.75, 3.05) is 0 Å². The van der Waals surface area contributed by atoms with E-state index in [0.717, 1.165) is 0 Å². The number of hydrogen-bond donors (Lipinski definition) is 1. The van der Waals surface area contributed by atoms with E-state index in [-0.39, 0.29) is 12.4 Å². The van der Waals surface area contributed by atoms with Gasteiger partial charge in [-0.15, -0.1) is 0 Å². The number of furan rings is 1. The van der Waals surface area contributed by atoms with Gasteiger partial charge in [-0.05, 0) is 32.9 Å². The fourth-order valence-electron chi connectivity index (χ4n) is 1.29. The van der Waals surface area contributed by atoms with Gasteiger partial charge in [0.25, 0.3) is 0 Å². The van der Waals surface area contributed by atoms with Crippen LogP contribution in [0.2, 0.25) is 0 Å². The maximum absolute atomic E-state index is 11.7. The summed E-state index contributed by atoms with van der Waals surface area (Å²) in [5.74, 6) is -0.282. The van der Waals surface area contributed by atoms with Crippen LogP contribution in [0.15, 0.2) is 16.5 Å². The van der Waals surface area contributed by atoms with Crippen LogP contribution in [0.4, 0.5) is 0 Å². The molecule has 0 bridgehead atoms. The van der Waals surface area contributed by atoms with Gasteiger partial charge in [-0.1, -0.05) is 0 Å². The minimum Gasteiger partial charge on any atom is -0.460 e. The summed E-state index contributed by atoms with van der Waals surface area (Å²) in [4.78, 5) is 22.4. The Bertz CT molecular complexity index is 458. The fourth-order valence-corrected chi connectivity index (χ4v) is 1.29. The third-order valence-corrected chi connectivity index (χ3v) is 2.07. The summed E-state index contributed by atoms with van der Waals surface area (Å²) < 4.78 is 15.3. The van der Waals surface area contributed by atoms with Gasteiger partial charge in [0.05, 0.1) is 0 Å². The van der Waals surface area contributed by atoms with Crippen LogP contribution in [0.5, 0.6) is 0 Å². The molecule has 6 nitrogen and oxygen atoms in total. The Kier molecular flexibility index (Phi) is 4.72. The van der Waals surface area contributed by atoms with E-state index in [1.54, 1.807) is 32.9 Å². The lowest BCUT2D eigenvalue weighted by Crippen LogP contribution is -2.31. The van der Waals surface area contributed by atoms with Crippen molar-refractivity contribution < 1.29 is 23.5 Å². The fraction of sp³-hybridized carbons (Fsp3) is 0.538. The standard InChI is InChI=1S/C13H19NO5/c1-8(15)17-7-9-5-6-10(18-9)11(14)12(16)19-13(2,3)4/h5-6,11H,7,14H2,1-4H3. The van der Waals surface area contributed by atoms with Crippen molar-refractivity contribution in [3.8, 4) is 0 Å². The molecular weight excluding hydrogens is 250 g/mol. The third-order valence-electron chi connectivity index (χ3n) is 2.07. The van der Waals surface area contributed by atoms with E-state index in [2.05, 4.69) is 0 Å². The zero-order valence-corrected chi connectivity index (χ0v) is 11.6. The minimum atomic E-state index is -0.995. The molecule has 6 heteroatoms. The Hall–Kier alpha value is -1.82. The normalized spacial score (nSPS) is 12.9. The quantitative estimate of drug-likeness (QED) is 0.836. The zero-order valence-electron chi connectivity index (χ0n) is 11.6. The highest BCUT2D eigenvalue weighted by Crippen LogP contribution is 2.19. The number of rotatable bonds is 4. The molecule has 0 spiro atoms. The summed E-state index contributed by atoms with van der Waals surface area (Å²) in [5, 5.41) is 0. The van der Waals surface area contributed by atoms with Gasteiger partial charge in [0.2, 0.25) is 0 Å². The SMILES string of the molecule is CC(=O)OCc1ccc(C(N)C(=O)OC(C)(C)C)o1. The molecule has 1 aromatic heterocycles. The zero-order chi connectivity index (χ0) is 14.6. The van der Waals surface area contributed by atoms with Crippen molar-refractivity contribution in [3.63, 3.8) is 0 Å². The van der Waals surface area contributed by atoms with Gasteiger partial charge in [-0.3, -0.25) is 4.79 Å². The van der Waals surface area contributed by atoms with E-state index in [4.69, 9.17) is 19.6 Å². The Balaban J connectivity index is 2.65. The van der Waals surface area contributed by atoms with Crippen LogP contribution < -0.4 is 5.73 Å². The number of esters is 2. The molecule has 0 aliphatic carbocycles. The van der Waals surface area contributed by atoms with Crippen LogP contribution >= 0.6 is 0 Å². The third kappa shape index (κ3) is 5.13. The van der Waals surface area contributed by atoms with Gasteiger partial charge in [0, 0.05) is 6.92 Å². The van der Waals surface area contributed by atoms with Crippen LogP contribution in [0.3, 0.4) is 0 Å². The number of hydrogen-bond acceptors (Lipinski definition) is 6. The molecule has 0 aromatic carbocycles. The van der Waals surface area contributed by atoms with Crippen molar-refractivity contribution in [2.45, 2.75) is 45.9 Å². The van der Waals surface area contributed by atoms with Gasteiger partial charge in [0.15, 0.2) is 6.04 Å². The second-order valence-corrected chi connectivity index (χ2v) is 5.10. The molecule has 19 heavy (non-hydrogen) atoms. The van der Waals surface area contributed by atoms with Crippen LogP contribution in [-0.2, 0) is 25.7 Å². The number of carbonyl (C=O) groups is 2. The summed E-state index contributed by atoms with van der Waals surface area (Å²) in [6.45, 7) is 6.58. The highest BCUT2D eigenvalue weighted by Gasteiger charge is 2.25. The first-order chi connectivity index (χ1) is 8.69. The van der Waals surface area contributed by atoms with Gasteiger partial charge < -0.3 is 19.6 Å². The Morgan fingerprint density at radius 2 is 2.00 bits per heavy atom. The van der Waals surface area contributed by atoms with Gasteiger partial charge in [-0.25, -0.2) is 4.79 Å². The van der Waals surface area contributed by atoms with Gasteiger partial charge in [0.1, 0.15) is 23.7 Å². The Morgan fingerprint density at radius 3 is 2.53 bits per heavy atom. The highest BCUT2D eigenvalue weighted by molar-refractivity contribution is 5.76. The topological polar surface area (TPSA) is 91.8 Å². The van der Waals surface area contributed by atoms with Crippen LogP contribution in [-0.4, -0.2) is 17.5 Å². The van der Waals surface area contributed by atoms with Gasteiger partial charge >= 0.3 is 11.9 Å². The predicted molar refractivity (Wildman–Crippen MR) is 67.0 cm³/mol. The molecule has 2 N–H and O–H groups in total. The molecule has 1 aromatic rings. The molecule has 0 saturated carbocycles. The molecule has 0 saturated heterocycles. The highest BCUT2D eigenvalue weighted by atomic mass is 16.6. The van der Waals surface area contributed by atoms with Crippen molar-refractivity contribution in [3.05, 3.63) is 23.7 Å². The van der Waals surface area contributed by atoms with Crippen molar-refractivity contribution in [1.82, 2.24) is 0 Å². The van der Waals surface area contributed by atoms with Gasteiger partial charge in [-0.2, -0.15) is 0 Å². The molecule has 0 amide bonds. The molecule has 1 unspecified atom stereocenters. The van der Waals surface area contributed by atoms with E-state index >= 15 is 0 Å². The molecule has 0 radical (unpaired) electrons. The average Bonchev–Trinajstić information content (AvgIpc) is 2.71. The monoisotopic (exact) mass is 269 g/mol. The molecule has 1 heterocycles. The van der Waals surface area contributed by atoms with E-state index in [0.29, 0.717) is 5.76 Å². The minimum absolute atomic E-state index is 0.0103. The summed E-state index contributed by atoms with van der Waals surface area (Å²) in [5.41, 5.74) is 5.13. The first-order valence-electron chi connectivity index (χ1n) is 5.89. The maximum Gasteiger partial charge on any atom is 0.331 e. The molecule has 1 atom stereocenters. The van der Waals surface area contributed by atoms with E-state index in [1.807, 2.05) is 0 Å². The van der Waals surface area contributed by atoms with E-state index in [9.17, 15) is 9.59 Å². The lowest BCUT2D eigenvalue weighted by molar-refractivity contribution is -0.157. The molecule has 106 valence electrons. The largest absolute Gasteiger partial charge is 0.460 e. The van der Waals surface area contributed by atoms with Crippen LogP contribution in [0, 0.1) is 0 Å². The number of carbonyl (C=O) groups excluding carboxylic acids is 2. The predicted octanol–water partition coefficient (Wildman–Crippen LogP) is 1.68. The van der Waals surface area contributed by atoms with Crippen LogP contribution in [0.25, 0.3) is 0 Å². The molecule has 1 rings (SSSR count). The molecule has 0 aliphatic heterocycles. The van der Waals surface area contributed by atoms with Crippen molar-refractivity contribution in [1.29, 1.82) is 0 Å². The molecule has 0 fully saturated rings. The molecule has 0 aliphatic rings. The van der Waals surface area contributed by atoms with E-state index in [1.165, 1.54) is 6.92 Å². The smallest absolute Gasteiger partial charge is 0.331 e. The van der Waals surface area contributed by atoms with Crippen molar-refractivity contribution in [2.24, 2.45) is 5.73 Å². The van der Waals surface area contributed by atoms with Crippen LogP contribution in [0.1, 0.15) is 45.3 Å².